The lowest BCUT2D eigenvalue weighted by atomic mass is 10.2. The van der Waals surface area contributed by atoms with E-state index in [0.29, 0.717) is 5.56 Å². The zero-order chi connectivity index (χ0) is 19.4. The van der Waals surface area contributed by atoms with Gasteiger partial charge < -0.3 is 0 Å². The van der Waals surface area contributed by atoms with Crippen molar-refractivity contribution in [2.45, 2.75) is 16.4 Å². The molecule has 0 fully saturated rings. The van der Waals surface area contributed by atoms with Crippen molar-refractivity contribution in [3.05, 3.63) is 60.2 Å². The molecule has 142 valence electrons. The average molecular weight is 422 g/mol. The number of hydrogen-bond acceptors (Lipinski definition) is 9. The Morgan fingerprint density at radius 2 is 1.15 bits per heavy atom. The Labute approximate surface area is 151 Å². The Morgan fingerprint density at radius 1 is 0.692 bits per heavy atom. The highest BCUT2D eigenvalue weighted by Crippen LogP contribution is 2.18. The van der Waals surface area contributed by atoms with Gasteiger partial charge in [-0.15, -0.1) is 0 Å². The molecule has 0 unspecified atom stereocenters. The summed E-state index contributed by atoms with van der Waals surface area (Å²) in [7, 11) is -12.6. The van der Waals surface area contributed by atoms with Crippen molar-refractivity contribution in [2.75, 3.05) is 6.26 Å². The van der Waals surface area contributed by atoms with Crippen LogP contribution in [0.2, 0.25) is 0 Å². The summed E-state index contributed by atoms with van der Waals surface area (Å²) in [5, 5.41) is 0. The molecular formula is C14H14O9S3. The standard InChI is InChI=1S/C14H14O9S3/c1-24(15,16)21-11-12-7-9-14(10-8-12)26(19,20)23-22-25(17,18)13-5-3-2-4-6-13/h2-10H,11H2,1H3. The first-order valence-electron chi connectivity index (χ1n) is 6.86. The van der Waals surface area contributed by atoms with Gasteiger partial charge in [-0.2, -0.15) is 25.3 Å². The molecule has 0 spiro atoms. The van der Waals surface area contributed by atoms with Gasteiger partial charge in [-0.3, -0.25) is 4.18 Å². The van der Waals surface area contributed by atoms with Gasteiger partial charge in [-0.1, -0.05) is 39.0 Å². The molecule has 0 aliphatic heterocycles. The van der Waals surface area contributed by atoms with E-state index in [2.05, 4.69) is 12.9 Å². The third-order valence-corrected chi connectivity index (χ3v) is 5.72. The minimum atomic E-state index is -4.52. The minimum absolute atomic E-state index is 0.275. The van der Waals surface area contributed by atoms with Crippen LogP contribution < -0.4 is 0 Å². The van der Waals surface area contributed by atoms with Gasteiger partial charge in [0.1, 0.15) is 0 Å². The molecule has 0 aromatic heterocycles. The smallest absolute Gasteiger partial charge is 0.265 e. The second kappa shape index (κ2) is 7.82. The highest BCUT2D eigenvalue weighted by Gasteiger charge is 2.23. The first-order valence-corrected chi connectivity index (χ1v) is 11.5. The van der Waals surface area contributed by atoms with Gasteiger partial charge in [0, 0.05) is 0 Å². The second-order valence-electron chi connectivity index (χ2n) is 4.97. The van der Waals surface area contributed by atoms with Crippen LogP contribution in [0, 0.1) is 0 Å². The number of rotatable bonds is 8. The van der Waals surface area contributed by atoms with Gasteiger partial charge >= 0.3 is 20.2 Å². The predicted octanol–water partition coefficient (Wildman–Crippen LogP) is 1.19. The van der Waals surface area contributed by atoms with E-state index in [1.165, 1.54) is 36.4 Å². The van der Waals surface area contributed by atoms with E-state index in [-0.39, 0.29) is 16.4 Å². The summed E-state index contributed by atoms with van der Waals surface area (Å²) in [5.41, 5.74) is 0.382. The number of hydrogen-bond donors (Lipinski definition) is 0. The van der Waals surface area contributed by atoms with E-state index in [9.17, 15) is 25.3 Å². The largest absolute Gasteiger partial charge is 0.324 e. The van der Waals surface area contributed by atoms with Gasteiger partial charge in [0.2, 0.25) is 0 Å². The summed E-state index contributed by atoms with van der Waals surface area (Å²) in [6.07, 6.45) is 0.879. The topological polar surface area (TPSA) is 130 Å². The van der Waals surface area contributed by atoms with Crippen molar-refractivity contribution in [1.82, 2.24) is 0 Å². The zero-order valence-corrected chi connectivity index (χ0v) is 15.8. The monoisotopic (exact) mass is 422 g/mol. The molecule has 2 rings (SSSR count). The third kappa shape index (κ3) is 5.86. The molecule has 0 radical (unpaired) electrons. The molecule has 0 saturated carbocycles. The Hall–Kier alpha value is -1.83. The van der Waals surface area contributed by atoms with Gasteiger partial charge in [0.05, 0.1) is 22.7 Å². The first-order chi connectivity index (χ1) is 12.0. The summed E-state index contributed by atoms with van der Waals surface area (Å²) >= 11 is 0. The van der Waals surface area contributed by atoms with Crippen molar-refractivity contribution in [3.8, 4) is 0 Å². The molecule has 0 atom stereocenters. The van der Waals surface area contributed by atoms with Crippen LogP contribution in [0.1, 0.15) is 5.56 Å². The molecule has 2 aromatic carbocycles. The molecule has 26 heavy (non-hydrogen) atoms. The number of benzene rings is 2. The molecule has 0 aliphatic rings. The SMILES string of the molecule is CS(=O)(=O)OCc1ccc(S(=O)(=O)OOS(=O)(=O)c2ccccc2)cc1. The molecule has 0 aliphatic carbocycles. The molecule has 9 nitrogen and oxygen atoms in total. The Morgan fingerprint density at radius 3 is 1.62 bits per heavy atom. The van der Waals surface area contributed by atoms with Gasteiger partial charge in [0.25, 0.3) is 10.1 Å². The van der Waals surface area contributed by atoms with Crippen LogP contribution in [-0.2, 0) is 49.8 Å². The maximum Gasteiger partial charge on any atom is 0.324 e. The van der Waals surface area contributed by atoms with Gasteiger partial charge in [-0.05, 0) is 29.8 Å². The van der Waals surface area contributed by atoms with E-state index in [1.807, 2.05) is 0 Å². The van der Waals surface area contributed by atoms with E-state index in [1.54, 1.807) is 6.07 Å². The Bertz CT molecular complexity index is 1060. The third-order valence-electron chi connectivity index (χ3n) is 2.89. The fourth-order valence-electron chi connectivity index (χ4n) is 1.67. The van der Waals surface area contributed by atoms with Crippen LogP contribution in [-0.4, -0.2) is 31.5 Å². The maximum atomic E-state index is 12.0. The quantitative estimate of drug-likeness (QED) is 0.350. The minimum Gasteiger partial charge on any atom is -0.265 e. The molecule has 0 bridgehead atoms. The lowest BCUT2D eigenvalue weighted by Gasteiger charge is -2.06. The lowest BCUT2D eigenvalue weighted by Crippen LogP contribution is -2.13. The molecule has 12 heteroatoms. The first kappa shape index (κ1) is 20.5. The molecule has 2 aromatic rings. The molecular weight excluding hydrogens is 408 g/mol. The van der Waals surface area contributed by atoms with E-state index >= 15 is 0 Å². The molecule has 0 amide bonds. The zero-order valence-electron chi connectivity index (χ0n) is 13.3. The summed E-state index contributed by atoms with van der Waals surface area (Å²) in [6, 6.07) is 11.6. The van der Waals surface area contributed by atoms with Crippen molar-refractivity contribution in [3.63, 3.8) is 0 Å². The predicted molar refractivity (Wildman–Crippen MR) is 89.1 cm³/mol. The Balaban J connectivity index is 2.08. The second-order valence-corrected chi connectivity index (χ2v) is 9.64. The van der Waals surface area contributed by atoms with Crippen molar-refractivity contribution in [1.29, 1.82) is 0 Å². The maximum absolute atomic E-state index is 12.0. The average Bonchev–Trinajstić information content (AvgIpc) is 2.59. The Kier molecular flexibility index (Phi) is 6.16. The van der Waals surface area contributed by atoms with Crippen molar-refractivity contribution >= 4 is 30.4 Å². The van der Waals surface area contributed by atoms with Crippen LogP contribution in [0.5, 0.6) is 0 Å². The lowest BCUT2D eigenvalue weighted by molar-refractivity contribution is -0.0851. The summed E-state index contributed by atoms with van der Waals surface area (Å²) < 4.78 is 82.4. The fraction of sp³-hybridized carbons (Fsp3) is 0.143. The van der Waals surface area contributed by atoms with Crippen LogP contribution in [0.25, 0.3) is 0 Å². The van der Waals surface area contributed by atoms with Crippen LogP contribution in [0.3, 0.4) is 0 Å². The van der Waals surface area contributed by atoms with E-state index in [4.69, 9.17) is 0 Å². The van der Waals surface area contributed by atoms with E-state index < -0.39 is 30.4 Å². The summed E-state index contributed by atoms with van der Waals surface area (Å²) in [6.45, 7) is -0.279. The van der Waals surface area contributed by atoms with Crippen LogP contribution in [0.4, 0.5) is 0 Å². The molecule has 0 N–H and O–H groups in total. The van der Waals surface area contributed by atoms with Gasteiger partial charge in [-0.25, -0.2) is 0 Å². The highest BCUT2D eigenvalue weighted by atomic mass is 32.2. The normalized spacial score (nSPS) is 12.8. The fourth-order valence-corrected chi connectivity index (χ4v) is 3.72. The van der Waals surface area contributed by atoms with Crippen LogP contribution >= 0.6 is 0 Å². The summed E-state index contributed by atoms with van der Waals surface area (Å²) in [5.74, 6) is 0. The summed E-state index contributed by atoms with van der Waals surface area (Å²) in [4.78, 5) is -0.660. The molecule has 0 heterocycles. The van der Waals surface area contributed by atoms with Gasteiger partial charge in [0.15, 0.2) is 0 Å². The van der Waals surface area contributed by atoms with Crippen molar-refractivity contribution < 1.29 is 38.1 Å². The van der Waals surface area contributed by atoms with Crippen LogP contribution in [0.15, 0.2) is 64.4 Å². The molecule has 0 saturated heterocycles. The van der Waals surface area contributed by atoms with Crippen molar-refractivity contribution in [2.24, 2.45) is 0 Å². The van der Waals surface area contributed by atoms with E-state index in [0.717, 1.165) is 18.4 Å². The highest BCUT2D eigenvalue weighted by molar-refractivity contribution is 7.89.